The van der Waals surface area contributed by atoms with E-state index in [1.165, 1.54) is 0 Å². The zero-order chi connectivity index (χ0) is 30.5. The van der Waals surface area contributed by atoms with Crippen molar-refractivity contribution in [2.45, 2.75) is 136 Å². The van der Waals surface area contributed by atoms with Gasteiger partial charge in [0, 0.05) is 36.6 Å². The molecule has 0 spiro atoms. The van der Waals surface area contributed by atoms with Gasteiger partial charge in [0.25, 0.3) is 0 Å². The second kappa shape index (κ2) is 13.4. The fourth-order valence-corrected chi connectivity index (χ4v) is 6.98. The molecule has 18 atom stereocenters. The SMILES string of the molecule is NC[C@@H]1O[C@H](O[C@H]2[C@@H](O)[C@H](O[C@@H]3[C@@H](O)[C@H](N)C[C@H](N)[C@H]3C3O[C@H]([C@@H](N)C4CC4)CC[C@H]3N)O[C@@H]2CO)[C@H](N)[C@@H](O)[C@@H]1O. The van der Waals surface area contributed by atoms with E-state index >= 15 is 0 Å². The number of aliphatic hydroxyl groups is 5. The van der Waals surface area contributed by atoms with E-state index in [2.05, 4.69) is 0 Å². The highest BCUT2D eigenvalue weighted by atomic mass is 16.7. The summed E-state index contributed by atoms with van der Waals surface area (Å²) < 4.78 is 30.1. The minimum absolute atomic E-state index is 0.122. The van der Waals surface area contributed by atoms with Crippen molar-refractivity contribution in [2.24, 2.45) is 46.2 Å². The van der Waals surface area contributed by atoms with Gasteiger partial charge in [0.2, 0.25) is 0 Å². The maximum atomic E-state index is 11.3. The van der Waals surface area contributed by atoms with Crippen molar-refractivity contribution in [3.63, 3.8) is 0 Å². The normalized spacial score (nSPS) is 52.8. The van der Waals surface area contributed by atoms with Crippen LogP contribution in [-0.2, 0) is 23.7 Å². The first kappa shape index (κ1) is 32.7. The molecule has 244 valence electrons. The van der Waals surface area contributed by atoms with Gasteiger partial charge in [0.05, 0.1) is 37.1 Å². The smallest absolute Gasteiger partial charge is 0.187 e. The summed E-state index contributed by atoms with van der Waals surface area (Å²) in [4.78, 5) is 0. The molecule has 2 aliphatic carbocycles. The van der Waals surface area contributed by atoms with Gasteiger partial charge in [-0.1, -0.05) is 0 Å². The highest BCUT2D eigenvalue weighted by Crippen LogP contribution is 2.41. The molecule has 42 heavy (non-hydrogen) atoms. The first-order chi connectivity index (χ1) is 20.0. The minimum atomic E-state index is -1.49. The van der Waals surface area contributed by atoms with Gasteiger partial charge in [-0.2, -0.15) is 0 Å². The molecule has 0 aromatic carbocycles. The Bertz CT molecular complexity index is 893. The first-order valence-electron chi connectivity index (χ1n) is 15.0. The lowest BCUT2D eigenvalue weighted by Crippen LogP contribution is -2.67. The molecule has 0 bridgehead atoms. The van der Waals surface area contributed by atoms with E-state index in [9.17, 15) is 25.5 Å². The maximum absolute atomic E-state index is 11.3. The topological polar surface area (TPSA) is 303 Å². The number of ether oxygens (including phenoxy) is 5. The highest BCUT2D eigenvalue weighted by molar-refractivity contribution is 5.05. The number of aliphatic hydroxyl groups excluding tert-OH is 5. The molecule has 0 radical (unpaired) electrons. The molecule has 3 aliphatic heterocycles. The molecule has 16 nitrogen and oxygen atoms in total. The van der Waals surface area contributed by atoms with E-state index in [4.69, 9.17) is 58.1 Å². The van der Waals surface area contributed by atoms with E-state index in [0.717, 1.165) is 12.8 Å². The lowest BCUT2D eigenvalue weighted by atomic mass is 9.72. The average molecular weight is 607 g/mol. The summed E-state index contributed by atoms with van der Waals surface area (Å²) in [5.74, 6) is -0.194. The lowest BCUT2D eigenvalue weighted by Gasteiger charge is -2.50. The molecule has 3 heterocycles. The average Bonchev–Trinajstić information content (AvgIpc) is 3.78. The van der Waals surface area contributed by atoms with E-state index in [-0.39, 0.29) is 18.7 Å². The van der Waals surface area contributed by atoms with Gasteiger partial charge < -0.3 is 83.6 Å². The van der Waals surface area contributed by atoms with Crippen LogP contribution < -0.4 is 34.4 Å². The Kier molecular flexibility index (Phi) is 10.4. The van der Waals surface area contributed by atoms with Crippen molar-refractivity contribution < 1.29 is 49.2 Å². The largest absolute Gasteiger partial charge is 0.394 e. The van der Waals surface area contributed by atoms with Gasteiger partial charge in [0.1, 0.15) is 36.6 Å². The van der Waals surface area contributed by atoms with E-state index in [0.29, 0.717) is 25.2 Å². The zero-order valence-electron chi connectivity index (χ0n) is 23.7. The molecule has 1 unspecified atom stereocenters. The standard InChI is InChI=1S/C26H50N6O10/c27-6-13-19(35)20(36)17(32)25(39-13)41-23-14(7-33)40-26(21(23)37)42-24-15(10(29)5-11(30)18(24)34)22-9(28)3-4-12(38-22)16(31)8-1-2-8/h8-26,33-37H,1-7,27-32H2/t9-,10+,11-,12+,13+,14-,15+,16+,17-,18+,19-,20-,21-,22?,23-,24+,25-,26+/m1/s1. The van der Waals surface area contributed by atoms with E-state index in [1.54, 1.807) is 0 Å². The molecule has 2 saturated carbocycles. The number of hydrogen-bond acceptors (Lipinski definition) is 16. The third-order valence-corrected chi connectivity index (χ3v) is 9.74. The Balaban J connectivity index is 1.32. The summed E-state index contributed by atoms with van der Waals surface area (Å²) in [6.07, 6.45) is -9.40. The molecule has 5 fully saturated rings. The molecular weight excluding hydrogens is 556 g/mol. The van der Waals surface area contributed by atoms with Gasteiger partial charge in [-0.3, -0.25) is 0 Å². The van der Waals surface area contributed by atoms with Crippen LogP contribution in [0.1, 0.15) is 32.1 Å². The lowest BCUT2D eigenvalue weighted by molar-refractivity contribution is -0.280. The number of hydrogen-bond donors (Lipinski definition) is 11. The van der Waals surface area contributed by atoms with E-state index < -0.39 is 104 Å². The summed E-state index contributed by atoms with van der Waals surface area (Å²) >= 11 is 0. The minimum Gasteiger partial charge on any atom is -0.394 e. The predicted octanol–water partition coefficient (Wildman–Crippen LogP) is -5.78. The predicted molar refractivity (Wildman–Crippen MR) is 146 cm³/mol. The zero-order valence-corrected chi connectivity index (χ0v) is 23.7. The highest BCUT2D eigenvalue weighted by Gasteiger charge is 2.55. The van der Waals surface area contributed by atoms with Gasteiger partial charge in [-0.05, 0) is 38.0 Å². The van der Waals surface area contributed by atoms with Crippen LogP contribution >= 0.6 is 0 Å². The van der Waals surface area contributed by atoms with Crippen LogP contribution in [0.3, 0.4) is 0 Å². The monoisotopic (exact) mass is 606 g/mol. The van der Waals surface area contributed by atoms with Gasteiger partial charge in [-0.25, -0.2) is 0 Å². The van der Waals surface area contributed by atoms with Crippen molar-refractivity contribution in [1.29, 1.82) is 0 Å². The van der Waals surface area contributed by atoms with Crippen LogP contribution in [0.25, 0.3) is 0 Å². The van der Waals surface area contributed by atoms with Crippen LogP contribution in [0, 0.1) is 11.8 Å². The van der Waals surface area contributed by atoms with Crippen LogP contribution in [0.5, 0.6) is 0 Å². The van der Waals surface area contributed by atoms with Crippen molar-refractivity contribution in [3.8, 4) is 0 Å². The second-order valence-corrected chi connectivity index (χ2v) is 12.7. The van der Waals surface area contributed by atoms with Crippen LogP contribution in [0.2, 0.25) is 0 Å². The van der Waals surface area contributed by atoms with E-state index in [1.807, 2.05) is 0 Å². The Morgan fingerprint density at radius 3 is 2.02 bits per heavy atom. The molecule has 0 amide bonds. The Labute approximate surface area is 244 Å². The molecule has 16 heteroatoms. The molecule has 3 saturated heterocycles. The fourth-order valence-electron chi connectivity index (χ4n) is 6.98. The number of nitrogens with two attached hydrogens (primary N) is 6. The molecule has 5 aliphatic rings. The Morgan fingerprint density at radius 2 is 1.38 bits per heavy atom. The van der Waals surface area contributed by atoms with Crippen LogP contribution in [0.4, 0.5) is 0 Å². The number of rotatable bonds is 9. The molecule has 0 aromatic heterocycles. The summed E-state index contributed by atoms with van der Waals surface area (Å²) in [5.41, 5.74) is 37.5. The molecular formula is C26H50N6O10. The van der Waals surface area contributed by atoms with Crippen molar-refractivity contribution in [1.82, 2.24) is 0 Å². The van der Waals surface area contributed by atoms with Crippen molar-refractivity contribution in [3.05, 3.63) is 0 Å². The Hall–Kier alpha value is -0.640. The van der Waals surface area contributed by atoms with Crippen molar-refractivity contribution >= 4 is 0 Å². The molecule has 5 rings (SSSR count). The maximum Gasteiger partial charge on any atom is 0.187 e. The molecule has 0 aromatic rings. The Morgan fingerprint density at radius 1 is 0.714 bits per heavy atom. The first-order valence-corrected chi connectivity index (χ1v) is 15.0. The van der Waals surface area contributed by atoms with Crippen LogP contribution in [0.15, 0.2) is 0 Å². The third kappa shape index (κ3) is 6.37. The van der Waals surface area contributed by atoms with Crippen LogP contribution in [-0.4, -0.2) is 143 Å². The summed E-state index contributed by atoms with van der Waals surface area (Å²) in [6, 6.07) is -2.97. The van der Waals surface area contributed by atoms with Crippen molar-refractivity contribution in [2.75, 3.05) is 13.2 Å². The fraction of sp³-hybridized carbons (Fsp3) is 1.00. The molecule has 17 N–H and O–H groups in total. The third-order valence-electron chi connectivity index (χ3n) is 9.74. The quantitative estimate of drug-likeness (QED) is 0.116. The van der Waals surface area contributed by atoms with Gasteiger partial charge >= 0.3 is 0 Å². The summed E-state index contributed by atoms with van der Waals surface area (Å²) in [5, 5.41) is 53.0. The summed E-state index contributed by atoms with van der Waals surface area (Å²) in [7, 11) is 0. The van der Waals surface area contributed by atoms with Gasteiger partial charge in [-0.15, -0.1) is 0 Å². The second-order valence-electron chi connectivity index (χ2n) is 12.7. The van der Waals surface area contributed by atoms with Gasteiger partial charge in [0.15, 0.2) is 12.6 Å². The summed E-state index contributed by atoms with van der Waals surface area (Å²) in [6.45, 7) is -0.689.